The molecule has 0 amide bonds. The smallest absolute Gasteiger partial charge is 0.353 e. The number of carbonyl (C=O) groups is 1. The molecule has 8 heteroatoms. The number of carbonyl (C=O) groups excluding carboxylic acids is 1. The highest BCUT2D eigenvalue weighted by molar-refractivity contribution is 8.09. The summed E-state index contributed by atoms with van der Waals surface area (Å²) in [5, 5.41) is 0. The maximum absolute atomic E-state index is 11.2. The molecule has 0 aliphatic heterocycles. The van der Waals surface area contributed by atoms with Crippen molar-refractivity contribution in [3.63, 3.8) is 0 Å². The number of rotatable bonds is 3. The van der Waals surface area contributed by atoms with E-state index in [1.165, 1.54) is 0 Å². The van der Waals surface area contributed by atoms with Gasteiger partial charge in [-0.05, 0) is 25.1 Å². The molecule has 6 nitrogen and oxygen atoms in total. The van der Waals surface area contributed by atoms with E-state index < -0.39 is 9.33 Å². The van der Waals surface area contributed by atoms with E-state index in [-0.39, 0.29) is 5.97 Å². The fraction of sp³-hybridized carbons (Fsp3) is 0.300. The Morgan fingerprint density at radius 1 is 1.44 bits per heavy atom. The zero-order chi connectivity index (χ0) is 14.2. The van der Waals surface area contributed by atoms with Crippen molar-refractivity contribution in [2.24, 2.45) is 0 Å². The fourth-order valence-electron chi connectivity index (χ4n) is 0.964. The van der Waals surface area contributed by atoms with Crippen molar-refractivity contribution < 1.29 is 27.2 Å². The lowest BCUT2D eigenvalue weighted by Gasteiger charge is -2.03. The Morgan fingerprint density at radius 2 is 2.00 bits per heavy atom. The second-order valence-corrected chi connectivity index (χ2v) is 4.86. The molecule has 0 bridgehead atoms. The maximum atomic E-state index is 11.2. The summed E-state index contributed by atoms with van der Waals surface area (Å²) in [6, 6.07) is 6.88. The number of hydrogen-bond acceptors (Lipinski definition) is 5. The van der Waals surface area contributed by atoms with E-state index in [0.29, 0.717) is 17.9 Å². The Labute approximate surface area is 110 Å². The molecule has 1 aromatic carbocycles. The highest BCUT2D eigenvalue weighted by atomic mass is 35.7. The number of ether oxygens (including phenoxy) is 2. The van der Waals surface area contributed by atoms with Crippen LogP contribution in [0.1, 0.15) is 17.3 Å². The lowest BCUT2D eigenvalue weighted by Crippen LogP contribution is -2.04. The van der Waals surface area contributed by atoms with E-state index in [0.717, 1.165) is 0 Å². The fourth-order valence-corrected chi connectivity index (χ4v) is 0.964. The third-order valence-corrected chi connectivity index (χ3v) is 1.58. The van der Waals surface area contributed by atoms with Crippen molar-refractivity contribution in [1.29, 1.82) is 0 Å². The van der Waals surface area contributed by atoms with Crippen LogP contribution in [0.15, 0.2) is 24.3 Å². The van der Waals surface area contributed by atoms with Gasteiger partial charge in [-0.15, -0.1) is 0 Å². The SMILES string of the molecule is CCOC(=O)c1cccc(OC)c1.O=S(=O)(O)Cl. The number of benzene rings is 1. The second-order valence-electron chi connectivity index (χ2n) is 2.86. The van der Waals surface area contributed by atoms with Crippen molar-refractivity contribution in [1.82, 2.24) is 0 Å². The minimum absolute atomic E-state index is 0.318. The van der Waals surface area contributed by atoms with Gasteiger partial charge in [0.15, 0.2) is 0 Å². The van der Waals surface area contributed by atoms with E-state index in [1.807, 2.05) is 0 Å². The van der Waals surface area contributed by atoms with Crippen LogP contribution < -0.4 is 4.74 Å². The van der Waals surface area contributed by atoms with Crippen LogP contribution >= 0.6 is 10.7 Å². The Morgan fingerprint density at radius 3 is 2.44 bits per heavy atom. The first kappa shape index (κ1) is 16.7. The number of esters is 1. The van der Waals surface area contributed by atoms with Gasteiger partial charge < -0.3 is 9.47 Å². The van der Waals surface area contributed by atoms with Gasteiger partial charge in [-0.2, -0.15) is 8.42 Å². The van der Waals surface area contributed by atoms with Crippen LogP contribution in [0.2, 0.25) is 0 Å². The van der Waals surface area contributed by atoms with Gasteiger partial charge in [-0.3, -0.25) is 4.55 Å². The van der Waals surface area contributed by atoms with Gasteiger partial charge in [0.2, 0.25) is 0 Å². The van der Waals surface area contributed by atoms with Crippen LogP contribution in [0.25, 0.3) is 0 Å². The zero-order valence-corrected chi connectivity index (χ0v) is 11.4. The molecule has 18 heavy (non-hydrogen) atoms. The average molecular weight is 297 g/mol. The molecule has 0 aliphatic rings. The second kappa shape index (κ2) is 7.91. The van der Waals surface area contributed by atoms with E-state index >= 15 is 0 Å². The van der Waals surface area contributed by atoms with E-state index in [4.69, 9.17) is 22.4 Å². The van der Waals surface area contributed by atoms with Crippen LogP contribution in [0.3, 0.4) is 0 Å². The summed E-state index contributed by atoms with van der Waals surface area (Å²) in [6.45, 7) is 2.16. The third-order valence-electron chi connectivity index (χ3n) is 1.58. The third kappa shape index (κ3) is 8.80. The Hall–Kier alpha value is -1.31. The normalized spacial score (nSPS) is 10.0. The molecule has 1 N–H and O–H groups in total. The summed E-state index contributed by atoms with van der Waals surface area (Å²) < 4.78 is 35.0. The molecular formula is C10H13ClO6S. The molecule has 0 unspecified atom stereocenters. The number of hydrogen-bond donors (Lipinski definition) is 1. The number of halogens is 1. The van der Waals surface area contributed by atoms with Gasteiger partial charge in [0.1, 0.15) is 5.75 Å². The molecule has 1 aromatic rings. The molecule has 1 rings (SSSR count). The topological polar surface area (TPSA) is 89.9 Å². The largest absolute Gasteiger partial charge is 0.497 e. The summed E-state index contributed by atoms with van der Waals surface area (Å²) in [6.07, 6.45) is 0. The van der Waals surface area contributed by atoms with Crippen molar-refractivity contribution in [2.75, 3.05) is 13.7 Å². The molecule has 0 heterocycles. The summed E-state index contributed by atoms with van der Waals surface area (Å²) >= 11 is 0. The van der Waals surface area contributed by atoms with Crippen molar-refractivity contribution in [3.8, 4) is 5.75 Å². The van der Waals surface area contributed by atoms with E-state index in [9.17, 15) is 4.79 Å². The molecule has 0 aromatic heterocycles. The van der Waals surface area contributed by atoms with Crippen LogP contribution in [0, 0.1) is 0 Å². The first-order valence-electron chi connectivity index (χ1n) is 4.76. The van der Waals surface area contributed by atoms with Gasteiger partial charge in [-0.25, -0.2) is 4.79 Å². The quantitative estimate of drug-likeness (QED) is 0.520. The van der Waals surface area contributed by atoms with Gasteiger partial charge in [0.05, 0.1) is 19.3 Å². The maximum Gasteiger partial charge on any atom is 0.353 e. The van der Waals surface area contributed by atoms with Crippen molar-refractivity contribution in [2.45, 2.75) is 6.92 Å². The molecule has 0 fully saturated rings. The van der Waals surface area contributed by atoms with E-state index in [1.54, 1.807) is 38.3 Å². The van der Waals surface area contributed by atoms with Gasteiger partial charge >= 0.3 is 15.3 Å². The van der Waals surface area contributed by atoms with Crippen molar-refractivity contribution in [3.05, 3.63) is 29.8 Å². The van der Waals surface area contributed by atoms with Crippen molar-refractivity contribution >= 4 is 26.0 Å². The van der Waals surface area contributed by atoms with Crippen LogP contribution in [0.4, 0.5) is 0 Å². The van der Waals surface area contributed by atoms with Crippen LogP contribution in [-0.4, -0.2) is 32.7 Å². The predicted octanol–water partition coefficient (Wildman–Crippen LogP) is 1.90. The highest BCUT2D eigenvalue weighted by Gasteiger charge is 2.05. The van der Waals surface area contributed by atoms with Gasteiger partial charge in [0, 0.05) is 10.7 Å². The Balaban J connectivity index is 0.000000494. The predicted molar refractivity (Wildman–Crippen MR) is 66.4 cm³/mol. The molecule has 0 atom stereocenters. The number of methoxy groups -OCH3 is 1. The Bertz CT molecular complexity index is 477. The lowest BCUT2D eigenvalue weighted by atomic mass is 10.2. The first-order chi connectivity index (χ1) is 8.27. The Kier molecular flexibility index (Phi) is 7.33. The summed E-state index contributed by atoms with van der Waals surface area (Å²) in [7, 11) is 1.42. The molecule has 102 valence electrons. The summed E-state index contributed by atoms with van der Waals surface area (Å²) in [4.78, 5) is 11.2. The lowest BCUT2D eigenvalue weighted by molar-refractivity contribution is 0.0526. The summed E-state index contributed by atoms with van der Waals surface area (Å²) in [5.74, 6) is 0.340. The molecular weight excluding hydrogens is 284 g/mol. The average Bonchev–Trinajstić information content (AvgIpc) is 2.27. The molecule has 0 spiro atoms. The van der Waals surface area contributed by atoms with Crippen LogP contribution in [-0.2, 0) is 14.1 Å². The molecule has 0 radical (unpaired) electrons. The van der Waals surface area contributed by atoms with Gasteiger partial charge in [0.25, 0.3) is 0 Å². The minimum Gasteiger partial charge on any atom is -0.497 e. The standard InChI is InChI=1S/C10H12O3.ClHO3S/c1-3-13-10(11)8-5-4-6-9(7-8)12-2;1-5(2,3)4/h4-7H,3H2,1-2H3;(H,2,3,4). The van der Waals surface area contributed by atoms with Gasteiger partial charge in [-0.1, -0.05) is 6.07 Å². The molecule has 0 saturated carbocycles. The first-order valence-corrected chi connectivity index (χ1v) is 7.02. The summed E-state index contributed by atoms with van der Waals surface area (Å²) in [5.41, 5.74) is 0.515. The van der Waals surface area contributed by atoms with Crippen LogP contribution in [0.5, 0.6) is 5.75 Å². The highest BCUT2D eigenvalue weighted by Crippen LogP contribution is 2.13. The monoisotopic (exact) mass is 296 g/mol. The molecule has 0 saturated heterocycles. The zero-order valence-electron chi connectivity index (χ0n) is 9.79. The minimum atomic E-state index is -4.19. The van der Waals surface area contributed by atoms with E-state index in [2.05, 4.69) is 10.7 Å². The molecule has 0 aliphatic carbocycles.